The van der Waals surface area contributed by atoms with Gasteiger partial charge in [-0.2, -0.15) is 0 Å². The van der Waals surface area contributed by atoms with Crippen LogP contribution in [-0.2, 0) is 17.1 Å². The molecule has 3 rings (SSSR count). The summed E-state index contributed by atoms with van der Waals surface area (Å²) in [6.45, 7) is 0. The minimum Gasteiger partial charge on any atom is -0.493 e. The Bertz CT molecular complexity index is 1040. The van der Waals surface area contributed by atoms with Crippen LogP contribution in [0.5, 0.6) is 11.5 Å². The Balaban J connectivity index is 2.16. The van der Waals surface area contributed by atoms with Crippen LogP contribution >= 0.6 is 0 Å². The van der Waals surface area contributed by atoms with Crippen LogP contribution in [0.25, 0.3) is 22.4 Å². The van der Waals surface area contributed by atoms with Gasteiger partial charge in [0.05, 0.1) is 30.1 Å². The average molecular weight is 361 g/mol. The molecule has 0 aliphatic carbocycles. The van der Waals surface area contributed by atoms with Gasteiger partial charge in [0.1, 0.15) is 5.82 Å². The number of aromatic nitrogens is 2. The first kappa shape index (κ1) is 17.2. The van der Waals surface area contributed by atoms with Crippen molar-refractivity contribution < 1.29 is 17.9 Å². The molecule has 3 aromatic rings. The molecule has 1 N–H and O–H groups in total. The molecule has 0 fully saturated rings. The molecule has 2 aromatic carbocycles. The minimum absolute atomic E-state index is 0.180. The van der Waals surface area contributed by atoms with E-state index in [9.17, 15) is 8.42 Å². The predicted octanol–water partition coefficient (Wildman–Crippen LogP) is 2.17. The van der Waals surface area contributed by atoms with E-state index in [1.807, 2.05) is 29.8 Å². The van der Waals surface area contributed by atoms with Crippen LogP contribution in [0.2, 0.25) is 0 Å². The van der Waals surface area contributed by atoms with Gasteiger partial charge in [-0.15, -0.1) is 0 Å². The number of methoxy groups -OCH3 is 2. The normalized spacial score (nSPS) is 11.7. The van der Waals surface area contributed by atoms with Gasteiger partial charge in [0.15, 0.2) is 11.5 Å². The van der Waals surface area contributed by atoms with E-state index >= 15 is 0 Å². The van der Waals surface area contributed by atoms with Gasteiger partial charge in [-0.05, 0) is 43.4 Å². The van der Waals surface area contributed by atoms with Crippen LogP contribution in [-0.4, -0.2) is 39.2 Å². The fraction of sp³-hybridized carbons (Fsp3) is 0.235. The van der Waals surface area contributed by atoms with E-state index in [-0.39, 0.29) is 4.90 Å². The smallest absolute Gasteiger partial charge is 0.240 e. The molecule has 0 aliphatic heterocycles. The number of hydrogen-bond donors (Lipinski definition) is 1. The number of ether oxygens (including phenoxy) is 2. The molecule has 0 unspecified atom stereocenters. The highest BCUT2D eigenvalue weighted by atomic mass is 32.2. The predicted molar refractivity (Wildman–Crippen MR) is 95.5 cm³/mol. The average Bonchev–Trinajstić information content (AvgIpc) is 2.97. The number of imidazole rings is 1. The lowest BCUT2D eigenvalue weighted by Crippen LogP contribution is -2.18. The first-order valence-electron chi connectivity index (χ1n) is 7.53. The van der Waals surface area contributed by atoms with Gasteiger partial charge in [-0.3, -0.25) is 0 Å². The van der Waals surface area contributed by atoms with Crippen molar-refractivity contribution in [1.29, 1.82) is 0 Å². The second kappa shape index (κ2) is 6.38. The van der Waals surface area contributed by atoms with Crippen molar-refractivity contribution >= 4 is 21.1 Å². The highest BCUT2D eigenvalue weighted by molar-refractivity contribution is 7.89. The number of benzene rings is 2. The van der Waals surface area contributed by atoms with Crippen LogP contribution in [0, 0.1) is 0 Å². The van der Waals surface area contributed by atoms with E-state index in [0.717, 1.165) is 11.1 Å². The van der Waals surface area contributed by atoms with Crippen molar-refractivity contribution in [3.63, 3.8) is 0 Å². The maximum atomic E-state index is 12.0. The number of rotatable bonds is 5. The van der Waals surface area contributed by atoms with E-state index in [1.165, 1.54) is 7.05 Å². The topological polar surface area (TPSA) is 82.5 Å². The van der Waals surface area contributed by atoms with Gasteiger partial charge >= 0.3 is 0 Å². The Labute approximate surface area is 146 Å². The lowest BCUT2D eigenvalue weighted by molar-refractivity contribution is 0.355. The molecule has 0 bridgehead atoms. The number of fused-ring (bicyclic) bond motifs is 1. The van der Waals surface area contributed by atoms with Crippen molar-refractivity contribution in [3.05, 3.63) is 36.4 Å². The maximum absolute atomic E-state index is 12.0. The molecule has 0 radical (unpaired) electrons. The summed E-state index contributed by atoms with van der Waals surface area (Å²) in [6.07, 6.45) is 0. The van der Waals surface area contributed by atoms with Gasteiger partial charge in [0, 0.05) is 12.6 Å². The van der Waals surface area contributed by atoms with Gasteiger partial charge in [0.25, 0.3) is 0 Å². The van der Waals surface area contributed by atoms with Gasteiger partial charge in [0.2, 0.25) is 10.0 Å². The minimum atomic E-state index is -3.51. The zero-order valence-corrected chi connectivity index (χ0v) is 15.2. The Morgan fingerprint density at radius 2 is 1.76 bits per heavy atom. The van der Waals surface area contributed by atoms with E-state index < -0.39 is 10.0 Å². The van der Waals surface area contributed by atoms with E-state index in [1.54, 1.807) is 32.4 Å². The van der Waals surface area contributed by atoms with Crippen molar-refractivity contribution in [2.75, 3.05) is 21.3 Å². The van der Waals surface area contributed by atoms with Crippen molar-refractivity contribution in [2.24, 2.45) is 7.05 Å². The molecular formula is C17H19N3O4S. The highest BCUT2D eigenvalue weighted by Gasteiger charge is 2.16. The van der Waals surface area contributed by atoms with Crippen LogP contribution in [0.15, 0.2) is 41.3 Å². The summed E-state index contributed by atoms with van der Waals surface area (Å²) in [5.74, 6) is 1.94. The Hall–Kier alpha value is -2.58. The maximum Gasteiger partial charge on any atom is 0.240 e. The molecule has 7 nitrogen and oxygen atoms in total. The van der Waals surface area contributed by atoms with Gasteiger partial charge in [-0.25, -0.2) is 18.1 Å². The molecular weight excluding hydrogens is 342 g/mol. The summed E-state index contributed by atoms with van der Waals surface area (Å²) in [5.41, 5.74) is 2.28. The largest absolute Gasteiger partial charge is 0.493 e. The van der Waals surface area contributed by atoms with Crippen molar-refractivity contribution in [2.45, 2.75) is 4.90 Å². The molecule has 8 heteroatoms. The van der Waals surface area contributed by atoms with Crippen LogP contribution in [0.4, 0.5) is 0 Å². The summed E-state index contributed by atoms with van der Waals surface area (Å²) >= 11 is 0. The van der Waals surface area contributed by atoms with E-state index in [0.29, 0.717) is 22.8 Å². The summed E-state index contributed by atoms with van der Waals surface area (Å²) in [4.78, 5) is 4.78. The molecule has 0 saturated carbocycles. The molecule has 132 valence electrons. The molecule has 0 spiro atoms. The molecule has 0 atom stereocenters. The molecule has 0 amide bonds. The van der Waals surface area contributed by atoms with Crippen molar-refractivity contribution in [1.82, 2.24) is 14.3 Å². The quantitative estimate of drug-likeness (QED) is 0.753. The lowest BCUT2D eigenvalue weighted by atomic mass is 10.2. The molecule has 0 aliphatic rings. The van der Waals surface area contributed by atoms with Crippen LogP contribution in [0.1, 0.15) is 0 Å². The first-order valence-corrected chi connectivity index (χ1v) is 9.02. The van der Waals surface area contributed by atoms with Crippen molar-refractivity contribution in [3.8, 4) is 22.9 Å². The standard InChI is InChI=1S/C17H19N3O4S/c1-18-25(21,22)12-6-7-14-13(10-12)19-17(20(14)2)11-5-8-15(23-3)16(9-11)24-4/h5-10,18H,1-4H3. The second-order valence-corrected chi connectivity index (χ2v) is 7.31. The molecule has 1 heterocycles. The molecule has 0 saturated heterocycles. The van der Waals surface area contributed by atoms with Gasteiger partial charge in [-0.1, -0.05) is 0 Å². The fourth-order valence-electron chi connectivity index (χ4n) is 2.70. The molecule has 1 aromatic heterocycles. The second-order valence-electron chi connectivity index (χ2n) is 5.42. The van der Waals surface area contributed by atoms with E-state index in [4.69, 9.17) is 9.47 Å². The van der Waals surface area contributed by atoms with Crippen LogP contribution in [0.3, 0.4) is 0 Å². The highest BCUT2D eigenvalue weighted by Crippen LogP contribution is 2.33. The number of nitrogens with one attached hydrogen (secondary N) is 1. The lowest BCUT2D eigenvalue weighted by Gasteiger charge is -2.09. The number of nitrogens with zero attached hydrogens (tertiary/aromatic N) is 2. The number of aryl methyl sites for hydroxylation is 1. The molecule has 25 heavy (non-hydrogen) atoms. The summed E-state index contributed by atoms with van der Waals surface area (Å²) < 4.78 is 38.8. The zero-order chi connectivity index (χ0) is 18.2. The van der Waals surface area contributed by atoms with Crippen LogP contribution < -0.4 is 14.2 Å². The fourth-order valence-corrected chi connectivity index (χ4v) is 3.45. The third-order valence-electron chi connectivity index (χ3n) is 4.07. The number of hydrogen-bond acceptors (Lipinski definition) is 5. The first-order chi connectivity index (χ1) is 11.9. The monoisotopic (exact) mass is 361 g/mol. The summed E-state index contributed by atoms with van der Waals surface area (Å²) in [6, 6.07) is 10.4. The van der Waals surface area contributed by atoms with Gasteiger partial charge < -0.3 is 14.0 Å². The third-order valence-corrected chi connectivity index (χ3v) is 5.49. The Kier molecular flexibility index (Phi) is 4.40. The summed E-state index contributed by atoms with van der Waals surface area (Å²) in [7, 11) is 2.91. The van der Waals surface area contributed by atoms with E-state index in [2.05, 4.69) is 9.71 Å². The number of sulfonamides is 1. The SMILES string of the molecule is CNS(=O)(=O)c1ccc2c(c1)nc(-c1ccc(OC)c(OC)c1)n2C. The Morgan fingerprint density at radius 3 is 2.40 bits per heavy atom. The third kappa shape index (κ3) is 2.94. The Morgan fingerprint density at radius 1 is 1.04 bits per heavy atom. The zero-order valence-electron chi connectivity index (χ0n) is 14.4. The summed E-state index contributed by atoms with van der Waals surface area (Å²) in [5, 5.41) is 0.